The Morgan fingerprint density at radius 1 is 1.12 bits per heavy atom. The number of benzene rings is 1. The van der Waals surface area contributed by atoms with Crippen LogP contribution in [0.3, 0.4) is 0 Å². The zero-order valence-corrected chi connectivity index (χ0v) is 18.5. The second kappa shape index (κ2) is 13.0. The van der Waals surface area contributed by atoms with Crippen molar-refractivity contribution in [2.75, 3.05) is 26.2 Å². The SMILES string of the molecule is CCN(CC)CCCNCc1ccc(-c2ccc(Br)cc2Cl)o1.Cl.Cl. The molecule has 0 aliphatic heterocycles. The minimum absolute atomic E-state index is 0. The molecule has 1 heterocycles. The first kappa shape index (κ1) is 24.8. The van der Waals surface area contributed by atoms with Crippen molar-refractivity contribution < 1.29 is 4.42 Å². The highest BCUT2D eigenvalue weighted by Crippen LogP contribution is 2.31. The molecule has 0 radical (unpaired) electrons. The first-order valence-electron chi connectivity index (χ1n) is 8.11. The molecule has 0 unspecified atom stereocenters. The standard InChI is InChI=1S/C18H24BrClN2O.2ClH/c1-3-22(4-2)11-5-10-21-13-15-7-9-18(23-15)16-8-6-14(19)12-17(16)20;;/h6-9,12,21H,3-5,10-11,13H2,1-2H3;2*1H. The van der Waals surface area contributed by atoms with Crippen molar-refractivity contribution in [1.82, 2.24) is 10.2 Å². The Kier molecular flexibility index (Phi) is 12.9. The molecule has 2 aromatic rings. The predicted molar refractivity (Wildman–Crippen MR) is 115 cm³/mol. The van der Waals surface area contributed by atoms with E-state index in [0.717, 1.165) is 60.7 Å². The number of nitrogens with zero attached hydrogens (tertiary/aromatic N) is 1. The van der Waals surface area contributed by atoms with Crippen LogP contribution in [0.2, 0.25) is 5.02 Å². The van der Waals surface area contributed by atoms with Crippen LogP contribution >= 0.6 is 52.3 Å². The first-order valence-corrected chi connectivity index (χ1v) is 9.28. The van der Waals surface area contributed by atoms with Crippen molar-refractivity contribution in [2.45, 2.75) is 26.8 Å². The minimum atomic E-state index is 0. The van der Waals surface area contributed by atoms with Crippen LogP contribution in [-0.4, -0.2) is 31.1 Å². The summed E-state index contributed by atoms with van der Waals surface area (Å²) in [6, 6.07) is 9.79. The zero-order valence-electron chi connectivity index (χ0n) is 14.6. The first-order chi connectivity index (χ1) is 11.1. The van der Waals surface area contributed by atoms with Gasteiger partial charge in [0.05, 0.1) is 11.6 Å². The fraction of sp³-hybridized carbons (Fsp3) is 0.444. The van der Waals surface area contributed by atoms with Crippen molar-refractivity contribution in [3.8, 4) is 11.3 Å². The largest absolute Gasteiger partial charge is 0.460 e. The fourth-order valence-electron chi connectivity index (χ4n) is 2.49. The van der Waals surface area contributed by atoms with E-state index in [0.29, 0.717) is 5.02 Å². The molecule has 0 aliphatic carbocycles. The summed E-state index contributed by atoms with van der Waals surface area (Å²) in [7, 11) is 0. The van der Waals surface area contributed by atoms with Crippen LogP contribution in [-0.2, 0) is 6.54 Å². The van der Waals surface area contributed by atoms with Crippen LogP contribution in [0.5, 0.6) is 0 Å². The average molecular weight is 473 g/mol. The number of rotatable bonds is 9. The van der Waals surface area contributed by atoms with Crippen LogP contribution < -0.4 is 5.32 Å². The maximum Gasteiger partial charge on any atom is 0.135 e. The van der Waals surface area contributed by atoms with Crippen molar-refractivity contribution in [3.63, 3.8) is 0 Å². The highest BCUT2D eigenvalue weighted by atomic mass is 79.9. The van der Waals surface area contributed by atoms with Gasteiger partial charge in [-0.1, -0.05) is 41.4 Å². The van der Waals surface area contributed by atoms with Gasteiger partial charge in [0.25, 0.3) is 0 Å². The van der Waals surface area contributed by atoms with Gasteiger partial charge >= 0.3 is 0 Å². The van der Waals surface area contributed by atoms with Crippen molar-refractivity contribution >= 4 is 52.3 Å². The van der Waals surface area contributed by atoms with Crippen molar-refractivity contribution in [1.29, 1.82) is 0 Å². The third-order valence-corrected chi connectivity index (χ3v) is 4.69. The van der Waals surface area contributed by atoms with Crippen LogP contribution in [0.4, 0.5) is 0 Å². The summed E-state index contributed by atoms with van der Waals surface area (Å²) in [5, 5.41) is 4.12. The second-order valence-electron chi connectivity index (χ2n) is 5.45. The lowest BCUT2D eigenvalue weighted by Crippen LogP contribution is -2.27. The van der Waals surface area contributed by atoms with E-state index in [1.807, 2.05) is 30.3 Å². The molecule has 7 heteroatoms. The Morgan fingerprint density at radius 3 is 2.48 bits per heavy atom. The lowest BCUT2D eigenvalue weighted by molar-refractivity contribution is 0.297. The summed E-state index contributed by atoms with van der Waals surface area (Å²) in [5.41, 5.74) is 0.919. The molecule has 0 saturated heterocycles. The molecular weight excluding hydrogens is 446 g/mol. The van der Waals surface area contributed by atoms with E-state index < -0.39 is 0 Å². The monoisotopic (exact) mass is 470 g/mol. The van der Waals surface area contributed by atoms with Gasteiger partial charge < -0.3 is 14.6 Å². The van der Waals surface area contributed by atoms with Gasteiger partial charge in [0.15, 0.2) is 0 Å². The maximum absolute atomic E-state index is 6.27. The normalized spacial score (nSPS) is 10.4. The molecule has 1 aromatic carbocycles. The van der Waals surface area contributed by atoms with Gasteiger partial charge in [-0.2, -0.15) is 0 Å². The molecule has 0 amide bonds. The van der Waals surface area contributed by atoms with Gasteiger partial charge in [0, 0.05) is 10.0 Å². The summed E-state index contributed by atoms with van der Waals surface area (Å²) in [4.78, 5) is 2.43. The highest BCUT2D eigenvalue weighted by molar-refractivity contribution is 9.10. The molecule has 0 aliphatic rings. The van der Waals surface area contributed by atoms with Crippen LogP contribution in [0.25, 0.3) is 11.3 Å². The second-order valence-corrected chi connectivity index (χ2v) is 6.77. The lowest BCUT2D eigenvalue weighted by atomic mass is 10.2. The van der Waals surface area contributed by atoms with Gasteiger partial charge in [-0.25, -0.2) is 0 Å². The summed E-state index contributed by atoms with van der Waals surface area (Å²) in [6.45, 7) is 9.51. The highest BCUT2D eigenvalue weighted by Gasteiger charge is 2.09. The number of hydrogen-bond donors (Lipinski definition) is 1. The van der Waals surface area contributed by atoms with Gasteiger partial charge in [0.2, 0.25) is 0 Å². The van der Waals surface area contributed by atoms with Crippen LogP contribution in [0.15, 0.2) is 39.2 Å². The van der Waals surface area contributed by atoms with Gasteiger partial charge in [-0.15, -0.1) is 24.8 Å². The molecule has 1 N–H and O–H groups in total. The van der Waals surface area contributed by atoms with Gasteiger partial charge in [0.1, 0.15) is 11.5 Å². The molecule has 142 valence electrons. The average Bonchev–Trinajstić information content (AvgIpc) is 2.99. The molecule has 0 atom stereocenters. The van der Waals surface area contributed by atoms with Crippen LogP contribution in [0.1, 0.15) is 26.0 Å². The minimum Gasteiger partial charge on any atom is -0.460 e. The Labute approximate surface area is 176 Å². The molecule has 3 nitrogen and oxygen atoms in total. The third-order valence-electron chi connectivity index (χ3n) is 3.88. The summed E-state index contributed by atoms with van der Waals surface area (Å²) in [6.07, 6.45) is 1.15. The summed E-state index contributed by atoms with van der Waals surface area (Å²) < 4.78 is 6.85. The van der Waals surface area contributed by atoms with E-state index in [-0.39, 0.29) is 24.8 Å². The molecular formula is C18H26BrCl3N2O. The Bertz CT molecular complexity index is 618. The Morgan fingerprint density at radius 2 is 1.84 bits per heavy atom. The molecule has 0 saturated carbocycles. The van der Waals surface area contributed by atoms with E-state index in [4.69, 9.17) is 16.0 Å². The Balaban J connectivity index is 0.00000288. The van der Waals surface area contributed by atoms with Crippen molar-refractivity contribution in [3.05, 3.63) is 45.6 Å². The lowest BCUT2D eigenvalue weighted by Gasteiger charge is -2.17. The fourth-order valence-corrected chi connectivity index (χ4v) is 3.25. The smallest absolute Gasteiger partial charge is 0.135 e. The number of nitrogens with one attached hydrogen (secondary N) is 1. The van der Waals surface area contributed by atoms with E-state index in [1.165, 1.54) is 0 Å². The number of halogens is 4. The van der Waals surface area contributed by atoms with Gasteiger partial charge in [-0.3, -0.25) is 0 Å². The molecule has 0 fully saturated rings. The topological polar surface area (TPSA) is 28.4 Å². The molecule has 0 bridgehead atoms. The van der Waals surface area contributed by atoms with E-state index in [2.05, 4.69) is 40.0 Å². The molecule has 25 heavy (non-hydrogen) atoms. The van der Waals surface area contributed by atoms with Crippen LogP contribution in [0, 0.1) is 0 Å². The molecule has 2 rings (SSSR count). The summed E-state index contributed by atoms with van der Waals surface area (Å²) >= 11 is 9.68. The third kappa shape index (κ3) is 7.90. The maximum atomic E-state index is 6.27. The molecule has 1 aromatic heterocycles. The van der Waals surface area contributed by atoms with Gasteiger partial charge in [-0.05, 0) is 62.9 Å². The van der Waals surface area contributed by atoms with Crippen molar-refractivity contribution in [2.24, 2.45) is 0 Å². The van der Waals surface area contributed by atoms with E-state index in [9.17, 15) is 0 Å². The predicted octanol–water partition coefficient (Wildman–Crippen LogP) is 6.03. The number of furan rings is 1. The van der Waals surface area contributed by atoms with E-state index >= 15 is 0 Å². The van der Waals surface area contributed by atoms with E-state index in [1.54, 1.807) is 0 Å². The zero-order chi connectivity index (χ0) is 16.7. The number of hydrogen-bond acceptors (Lipinski definition) is 3. The summed E-state index contributed by atoms with van der Waals surface area (Å²) in [5.74, 6) is 1.74. The quantitative estimate of drug-likeness (QED) is 0.452. The molecule has 0 spiro atoms. The Hall–Kier alpha value is -0.230.